The van der Waals surface area contributed by atoms with Crippen molar-refractivity contribution in [3.63, 3.8) is 0 Å². The van der Waals surface area contributed by atoms with Crippen molar-refractivity contribution >= 4 is 60.8 Å². The molecule has 7 aromatic carbocycles. The lowest BCUT2D eigenvalue weighted by atomic mass is 9.89. The van der Waals surface area contributed by atoms with Crippen molar-refractivity contribution in [1.29, 1.82) is 10.5 Å². The molecule has 1 unspecified atom stereocenters. The number of anilines is 5. The molecule has 0 N–H and O–H groups in total. The summed E-state index contributed by atoms with van der Waals surface area (Å²) in [4.78, 5) is 4.68. The van der Waals surface area contributed by atoms with E-state index in [1.807, 2.05) is 36.4 Å². The van der Waals surface area contributed by atoms with E-state index in [1.165, 1.54) is 43.8 Å². The molecule has 1 atom stereocenters. The fourth-order valence-corrected chi connectivity index (χ4v) is 7.42. The summed E-state index contributed by atoms with van der Waals surface area (Å²) in [5.41, 5.74) is 10.4. The Kier molecular flexibility index (Phi) is 7.36. The molecule has 1 aliphatic carbocycles. The van der Waals surface area contributed by atoms with Gasteiger partial charge < -0.3 is 9.80 Å². The van der Waals surface area contributed by atoms with Crippen molar-refractivity contribution in [3.8, 4) is 12.1 Å². The first-order valence-corrected chi connectivity index (χ1v) is 16.7. The number of hydrogen-bond acceptors (Lipinski definition) is 4. The second-order valence-corrected chi connectivity index (χ2v) is 13.1. The highest BCUT2D eigenvalue weighted by Crippen LogP contribution is 2.47. The van der Waals surface area contributed by atoms with Crippen LogP contribution >= 0.6 is 0 Å². The van der Waals surface area contributed by atoms with E-state index in [-0.39, 0.29) is 0 Å². The van der Waals surface area contributed by atoms with Crippen molar-refractivity contribution < 1.29 is 0 Å². The summed E-state index contributed by atoms with van der Waals surface area (Å²) in [6.45, 7) is 6.59. The Bertz CT molecular complexity index is 2510. The minimum absolute atomic E-state index is 0.321. The van der Waals surface area contributed by atoms with Crippen molar-refractivity contribution in [2.45, 2.75) is 27.2 Å². The maximum Gasteiger partial charge on any atom is 0.0991 e. The zero-order chi connectivity index (χ0) is 33.6. The summed E-state index contributed by atoms with van der Waals surface area (Å²) in [5, 5.41) is 26.2. The van der Waals surface area contributed by atoms with Crippen LogP contribution in [0.1, 0.15) is 37.0 Å². The third-order valence-electron chi connectivity index (χ3n) is 9.83. The van der Waals surface area contributed by atoms with Gasteiger partial charge in [0.1, 0.15) is 0 Å². The Labute approximate surface area is 287 Å². The molecule has 0 radical (unpaired) electrons. The number of nitriles is 2. The second kappa shape index (κ2) is 12.0. The molecule has 0 spiro atoms. The van der Waals surface area contributed by atoms with Gasteiger partial charge in [-0.2, -0.15) is 10.5 Å². The Morgan fingerprint density at radius 1 is 0.531 bits per heavy atom. The quantitative estimate of drug-likeness (QED) is 0.172. The van der Waals surface area contributed by atoms with Gasteiger partial charge in [-0.15, -0.1) is 0 Å². The Morgan fingerprint density at radius 3 is 1.47 bits per heavy atom. The summed E-state index contributed by atoms with van der Waals surface area (Å²) >= 11 is 0. The summed E-state index contributed by atoms with van der Waals surface area (Å²) in [6, 6.07) is 46.8. The molecule has 0 heterocycles. The summed E-state index contributed by atoms with van der Waals surface area (Å²) in [5.74, 6) is 0.321. The van der Waals surface area contributed by atoms with Crippen LogP contribution in [0.3, 0.4) is 0 Å². The van der Waals surface area contributed by atoms with E-state index in [2.05, 4.69) is 140 Å². The van der Waals surface area contributed by atoms with Crippen molar-refractivity contribution in [3.05, 3.63) is 161 Å². The first kappa shape index (κ1) is 30.0. The zero-order valence-corrected chi connectivity index (χ0v) is 27.8. The molecular formula is C45H34N4. The fraction of sp³-hybridized carbons (Fsp3) is 0.111. The minimum Gasteiger partial charge on any atom is -0.313 e. The molecule has 0 amide bonds. The minimum atomic E-state index is 0.321. The molecular weight excluding hydrogens is 597 g/mol. The third-order valence-corrected chi connectivity index (χ3v) is 9.83. The zero-order valence-electron chi connectivity index (χ0n) is 27.8. The van der Waals surface area contributed by atoms with Gasteiger partial charge in [0.2, 0.25) is 0 Å². The normalized spacial score (nSPS) is 14.3. The molecule has 0 saturated heterocycles. The van der Waals surface area contributed by atoms with Gasteiger partial charge in [0, 0.05) is 39.4 Å². The van der Waals surface area contributed by atoms with E-state index in [9.17, 15) is 10.5 Å². The molecule has 1 aliphatic rings. The summed E-state index contributed by atoms with van der Waals surface area (Å²) in [6.07, 6.45) is 5.49. The van der Waals surface area contributed by atoms with Crippen LogP contribution in [-0.2, 0) is 0 Å². The summed E-state index contributed by atoms with van der Waals surface area (Å²) in [7, 11) is 0. The molecule has 0 saturated carbocycles. The molecule has 4 nitrogen and oxygen atoms in total. The van der Waals surface area contributed by atoms with Crippen LogP contribution in [0.2, 0.25) is 0 Å². The lowest BCUT2D eigenvalue weighted by Crippen LogP contribution is -2.23. The highest BCUT2D eigenvalue weighted by Gasteiger charge is 2.25. The number of allylic oxidation sites excluding steroid dienone is 4. The van der Waals surface area contributed by atoms with E-state index < -0.39 is 0 Å². The van der Waals surface area contributed by atoms with Crippen molar-refractivity contribution in [1.82, 2.24) is 0 Å². The van der Waals surface area contributed by atoms with E-state index in [0.717, 1.165) is 40.2 Å². The molecule has 4 heteroatoms. The van der Waals surface area contributed by atoms with Gasteiger partial charge in [-0.3, -0.25) is 0 Å². The van der Waals surface area contributed by atoms with Crippen LogP contribution in [-0.4, -0.2) is 0 Å². The smallest absolute Gasteiger partial charge is 0.0991 e. The van der Waals surface area contributed by atoms with Crippen LogP contribution in [0.5, 0.6) is 0 Å². The largest absolute Gasteiger partial charge is 0.313 e. The molecule has 8 rings (SSSR count). The number of rotatable bonds is 6. The van der Waals surface area contributed by atoms with Crippen LogP contribution < -0.4 is 9.80 Å². The third kappa shape index (κ3) is 5.16. The summed E-state index contributed by atoms with van der Waals surface area (Å²) < 4.78 is 0. The average molecular weight is 631 g/mol. The van der Waals surface area contributed by atoms with Crippen molar-refractivity contribution in [2.75, 3.05) is 9.80 Å². The maximum atomic E-state index is 9.55. The van der Waals surface area contributed by atoms with Crippen molar-refractivity contribution in [2.24, 2.45) is 5.92 Å². The number of hydrogen-bond donors (Lipinski definition) is 0. The monoisotopic (exact) mass is 630 g/mol. The predicted molar refractivity (Wildman–Crippen MR) is 203 cm³/mol. The highest BCUT2D eigenvalue weighted by molar-refractivity contribution is 6.28. The Morgan fingerprint density at radius 2 is 0.980 bits per heavy atom. The van der Waals surface area contributed by atoms with Crippen LogP contribution in [0.4, 0.5) is 28.4 Å². The standard InChI is InChI=1S/C45H34N4/c1-29-4-15-36(16-5-29)48(37-17-7-32(27-46)8-18-37)42-24-13-34-12-22-40-43(25-14-35-11-21-39(42)44(34)45(35)40)49(38-19-9-33(28-47)10-20-38)41-23-6-30(2)26-31(41)3/h4-25,31H,26H2,1-3H3. The van der Waals surface area contributed by atoms with E-state index in [4.69, 9.17) is 0 Å². The first-order chi connectivity index (χ1) is 23.9. The van der Waals surface area contributed by atoms with Crippen LogP contribution in [0, 0.1) is 35.5 Å². The predicted octanol–water partition coefficient (Wildman–Crippen LogP) is 12.1. The number of benzene rings is 7. The van der Waals surface area contributed by atoms with Crippen LogP contribution in [0.25, 0.3) is 32.3 Å². The van der Waals surface area contributed by atoms with Gasteiger partial charge >= 0.3 is 0 Å². The topological polar surface area (TPSA) is 54.1 Å². The molecule has 0 aromatic heterocycles. The van der Waals surface area contributed by atoms with Gasteiger partial charge in [0.05, 0.1) is 34.6 Å². The molecule has 234 valence electrons. The Hall–Kier alpha value is -6.36. The van der Waals surface area contributed by atoms with Gasteiger partial charge in [-0.05, 0) is 121 Å². The fourth-order valence-electron chi connectivity index (χ4n) is 7.42. The molecule has 49 heavy (non-hydrogen) atoms. The van der Waals surface area contributed by atoms with E-state index >= 15 is 0 Å². The second-order valence-electron chi connectivity index (χ2n) is 13.1. The highest BCUT2D eigenvalue weighted by atomic mass is 15.2. The van der Waals surface area contributed by atoms with Gasteiger partial charge in [-0.25, -0.2) is 0 Å². The Balaban J connectivity index is 1.39. The molecule has 0 aliphatic heterocycles. The first-order valence-electron chi connectivity index (χ1n) is 16.7. The number of nitrogens with zero attached hydrogens (tertiary/aromatic N) is 4. The van der Waals surface area contributed by atoms with Gasteiger partial charge in [0.25, 0.3) is 0 Å². The van der Waals surface area contributed by atoms with E-state index in [0.29, 0.717) is 17.0 Å². The molecule has 7 aromatic rings. The molecule has 0 fully saturated rings. The van der Waals surface area contributed by atoms with Crippen LogP contribution in [0.15, 0.2) is 145 Å². The lowest BCUT2D eigenvalue weighted by Gasteiger charge is -2.34. The van der Waals surface area contributed by atoms with Gasteiger partial charge in [0.15, 0.2) is 0 Å². The molecule has 0 bridgehead atoms. The lowest BCUT2D eigenvalue weighted by molar-refractivity contribution is 0.648. The van der Waals surface area contributed by atoms with Gasteiger partial charge in [-0.1, -0.05) is 72.7 Å². The maximum absolute atomic E-state index is 9.55. The SMILES string of the molecule is CC1=CC=C(N(c2ccc(C#N)cc2)c2ccc3ccc4c(N(c5ccc(C)cc5)c5ccc(C#N)cc5)ccc5ccc2c3c54)C(C)C1. The number of aryl methyl sites for hydroxylation is 1. The average Bonchev–Trinajstić information content (AvgIpc) is 3.14. The van der Waals surface area contributed by atoms with E-state index in [1.54, 1.807) is 0 Å².